The van der Waals surface area contributed by atoms with E-state index in [2.05, 4.69) is 19.6 Å². The number of thiol groups is 1. The Morgan fingerprint density at radius 2 is 2.11 bits per heavy atom. The van der Waals surface area contributed by atoms with Gasteiger partial charge in [-0.2, -0.15) is 0 Å². The molecule has 0 aromatic heterocycles. The first-order valence-electron chi connectivity index (χ1n) is 6.67. The third-order valence-electron chi connectivity index (χ3n) is 3.76. The van der Waals surface area contributed by atoms with Crippen molar-refractivity contribution in [2.24, 2.45) is 5.92 Å². The minimum Gasteiger partial charge on any atom is -0.339 e. The molecule has 2 rings (SSSR count). The maximum absolute atomic E-state index is 12.5. The maximum atomic E-state index is 12.5. The van der Waals surface area contributed by atoms with Crippen LogP contribution < -0.4 is 0 Å². The predicted octanol–water partition coefficient (Wildman–Crippen LogP) is 3.55. The summed E-state index contributed by atoms with van der Waals surface area (Å²) in [6, 6.07) is 5.78. The van der Waals surface area contributed by atoms with Gasteiger partial charge in [0.05, 0.1) is 0 Å². The fraction of sp³-hybridized carbons (Fsp3) is 0.533. The highest BCUT2D eigenvalue weighted by Gasteiger charge is 2.20. The van der Waals surface area contributed by atoms with Crippen molar-refractivity contribution in [2.45, 2.75) is 38.0 Å². The van der Waals surface area contributed by atoms with Crippen LogP contribution in [-0.2, 0) is 0 Å². The molecule has 0 radical (unpaired) electrons. The second-order valence-electron chi connectivity index (χ2n) is 5.33. The summed E-state index contributed by atoms with van der Waals surface area (Å²) in [5.41, 5.74) is 1.84. The monoisotopic (exact) mass is 263 g/mol. The summed E-state index contributed by atoms with van der Waals surface area (Å²) in [7, 11) is 0. The number of hydrogen-bond acceptors (Lipinski definition) is 2. The molecular weight excluding hydrogens is 242 g/mol. The number of nitrogens with zero attached hydrogens (tertiary/aromatic N) is 1. The van der Waals surface area contributed by atoms with Gasteiger partial charge in [0.15, 0.2) is 0 Å². The number of amides is 1. The quantitative estimate of drug-likeness (QED) is 0.768. The van der Waals surface area contributed by atoms with E-state index in [1.54, 1.807) is 0 Å². The van der Waals surface area contributed by atoms with Gasteiger partial charge in [0, 0.05) is 23.5 Å². The molecule has 0 N–H and O–H groups in total. The largest absolute Gasteiger partial charge is 0.339 e. The van der Waals surface area contributed by atoms with E-state index in [1.807, 2.05) is 30.0 Å². The summed E-state index contributed by atoms with van der Waals surface area (Å²) >= 11 is 4.32. The Hall–Kier alpha value is -0.960. The third-order valence-corrected chi connectivity index (χ3v) is 4.03. The van der Waals surface area contributed by atoms with E-state index >= 15 is 0 Å². The van der Waals surface area contributed by atoms with Crippen LogP contribution in [0, 0.1) is 12.8 Å². The summed E-state index contributed by atoms with van der Waals surface area (Å²) in [6.07, 6.45) is 3.47. The van der Waals surface area contributed by atoms with Crippen molar-refractivity contribution in [1.82, 2.24) is 4.90 Å². The number of carbonyl (C=O) groups excluding carboxylic acids is 1. The zero-order valence-corrected chi connectivity index (χ0v) is 12.0. The van der Waals surface area contributed by atoms with Crippen LogP contribution in [0.15, 0.2) is 23.1 Å². The molecule has 1 atom stereocenters. The zero-order chi connectivity index (χ0) is 13.1. The molecule has 2 nitrogen and oxygen atoms in total. The van der Waals surface area contributed by atoms with E-state index in [0.29, 0.717) is 0 Å². The Bertz CT molecular complexity index is 444. The van der Waals surface area contributed by atoms with Gasteiger partial charge in [0.25, 0.3) is 5.91 Å². The molecule has 1 aromatic rings. The first-order chi connectivity index (χ1) is 8.58. The molecule has 98 valence electrons. The summed E-state index contributed by atoms with van der Waals surface area (Å²) < 4.78 is 0. The predicted molar refractivity (Wildman–Crippen MR) is 77.3 cm³/mol. The van der Waals surface area contributed by atoms with E-state index in [1.165, 1.54) is 6.42 Å². The molecule has 1 aromatic carbocycles. The molecule has 0 saturated carbocycles. The second-order valence-corrected chi connectivity index (χ2v) is 5.84. The van der Waals surface area contributed by atoms with Crippen molar-refractivity contribution in [3.05, 3.63) is 29.3 Å². The van der Waals surface area contributed by atoms with E-state index in [-0.39, 0.29) is 5.91 Å². The molecular formula is C15H21NOS. The van der Waals surface area contributed by atoms with Crippen LogP contribution in [0.25, 0.3) is 0 Å². The smallest absolute Gasteiger partial charge is 0.254 e. The number of likely N-dealkylation sites (tertiary alicyclic amines) is 1. The van der Waals surface area contributed by atoms with Crippen LogP contribution in [0.1, 0.15) is 42.1 Å². The lowest BCUT2D eigenvalue weighted by molar-refractivity contribution is 0.0759. The van der Waals surface area contributed by atoms with Gasteiger partial charge in [-0.15, -0.1) is 12.6 Å². The minimum atomic E-state index is 0.164. The van der Waals surface area contributed by atoms with Crippen LogP contribution in [0.5, 0.6) is 0 Å². The van der Waals surface area contributed by atoms with Crippen molar-refractivity contribution in [3.63, 3.8) is 0 Å². The molecule has 0 bridgehead atoms. The first-order valence-corrected chi connectivity index (χ1v) is 7.11. The molecule has 3 heteroatoms. The third kappa shape index (κ3) is 3.08. The molecule has 1 fully saturated rings. The topological polar surface area (TPSA) is 20.3 Å². The number of hydrogen-bond donors (Lipinski definition) is 1. The van der Waals surface area contributed by atoms with Crippen LogP contribution in [-0.4, -0.2) is 23.9 Å². The number of aryl methyl sites for hydroxylation is 1. The summed E-state index contributed by atoms with van der Waals surface area (Å²) in [4.78, 5) is 15.4. The van der Waals surface area contributed by atoms with Gasteiger partial charge < -0.3 is 4.90 Å². The van der Waals surface area contributed by atoms with Gasteiger partial charge in [-0.3, -0.25) is 4.79 Å². The summed E-state index contributed by atoms with van der Waals surface area (Å²) in [5, 5.41) is 0. The first kappa shape index (κ1) is 13.5. The number of benzene rings is 1. The molecule has 18 heavy (non-hydrogen) atoms. The average Bonchev–Trinajstić information content (AvgIpc) is 2.56. The van der Waals surface area contributed by atoms with Gasteiger partial charge in [-0.25, -0.2) is 0 Å². The Morgan fingerprint density at radius 3 is 2.89 bits per heavy atom. The molecule has 1 aliphatic heterocycles. The minimum absolute atomic E-state index is 0.164. The second kappa shape index (κ2) is 5.79. The lowest BCUT2D eigenvalue weighted by Crippen LogP contribution is -2.32. The fourth-order valence-electron chi connectivity index (χ4n) is 2.48. The van der Waals surface area contributed by atoms with E-state index in [4.69, 9.17) is 0 Å². The van der Waals surface area contributed by atoms with Crippen molar-refractivity contribution in [3.8, 4) is 0 Å². The van der Waals surface area contributed by atoms with Gasteiger partial charge in [0.2, 0.25) is 0 Å². The van der Waals surface area contributed by atoms with Crippen LogP contribution >= 0.6 is 12.6 Å². The number of carbonyl (C=O) groups is 1. The highest BCUT2D eigenvalue weighted by Crippen LogP contribution is 2.21. The Kier molecular flexibility index (Phi) is 4.33. The maximum Gasteiger partial charge on any atom is 0.254 e. The molecule has 0 aliphatic carbocycles. The highest BCUT2D eigenvalue weighted by atomic mass is 32.1. The zero-order valence-electron chi connectivity index (χ0n) is 11.1. The van der Waals surface area contributed by atoms with E-state index in [0.717, 1.165) is 47.9 Å². The van der Waals surface area contributed by atoms with Crippen molar-refractivity contribution in [1.29, 1.82) is 0 Å². The van der Waals surface area contributed by atoms with Gasteiger partial charge in [-0.05, 0) is 49.8 Å². The lowest BCUT2D eigenvalue weighted by atomic mass is 10.0. The lowest BCUT2D eigenvalue weighted by Gasteiger charge is -2.21. The van der Waals surface area contributed by atoms with Crippen molar-refractivity contribution in [2.75, 3.05) is 13.1 Å². The summed E-state index contributed by atoms with van der Waals surface area (Å²) in [5.74, 6) is 0.901. The van der Waals surface area contributed by atoms with Crippen LogP contribution in [0.3, 0.4) is 0 Å². The molecule has 0 spiro atoms. The Labute approximate surface area is 115 Å². The number of rotatable bonds is 1. The highest BCUT2D eigenvalue weighted by molar-refractivity contribution is 7.80. The molecule has 1 heterocycles. The standard InChI is InChI=1S/C15H21NOS/c1-11-4-3-8-16(9-7-11)15(17)14-10-13(18)6-5-12(14)2/h5-6,10-11,18H,3-4,7-9H2,1-2H3. The summed E-state index contributed by atoms with van der Waals surface area (Å²) in [6.45, 7) is 6.03. The van der Waals surface area contributed by atoms with Crippen LogP contribution in [0.4, 0.5) is 0 Å². The van der Waals surface area contributed by atoms with Gasteiger partial charge >= 0.3 is 0 Å². The normalized spacial score (nSPS) is 20.6. The Morgan fingerprint density at radius 1 is 1.33 bits per heavy atom. The SMILES string of the molecule is Cc1ccc(S)cc1C(=O)N1CCCC(C)CC1. The molecule has 1 aliphatic rings. The van der Waals surface area contributed by atoms with Crippen molar-refractivity contribution >= 4 is 18.5 Å². The van der Waals surface area contributed by atoms with Crippen molar-refractivity contribution < 1.29 is 4.79 Å². The molecule has 1 saturated heterocycles. The molecule has 1 amide bonds. The van der Waals surface area contributed by atoms with E-state index < -0.39 is 0 Å². The fourth-order valence-corrected chi connectivity index (χ4v) is 2.68. The van der Waals surface area contributed by atoms with Gasteiger partial charge in [-0.1, -0.05) is 13.0 Å². The molecule has 1 unspecified atom stereocenters. The van der Waals surface area contributed by atoms with Crippen LogP contribution in [0.2, 0.25) is 0 Å². The van der Waals surface area contributed by atoms with Gasteiger partial charge in [0.1, 0.15) is 0 Å². The average molecular weight is 263 g/mol. The van der Waals surface area contributed by atoms with E-state index in [9.17, 15) is 4.79 Å². The Balaban J connectivity index is 2.17.